The van der Waals surface area contributed by atoms with Crippen LogP contribution in [0.3, 0.4) is 0 Å². The minimum absolute atomic E-state index is 0.00177. The van der Waals surface area contributed by atoms with Crippen LogP contribution in [-0.2, 0) is 6.54 Å². The number of nitrogens with one attached hydrogen (secondary N) is 1. The van der Waals surface area contributed by atoms with Crippen LogP contribution in [-0.4, -0.2) is 26.7 Å². The third kappa shape index (κ3) is 2.59. The summed E-state index contributed by atoms with van der Waals surface area (Å²) in [6.45, 7) is 0.704. The molecular weight excluding hydrogens is 307 g/mol. The van der Waals surface area contributed by atoms with Crippen molar-refractivity contribution in [1.29, 1.82) is 0 Å². The average Bonchev–Trinajstić information content (AvgIpc) is 2.94. The molecule has 0 saturated carbocycles. The number of aromatic nitrogens is 1. The molecule has 3 rings (SSSR count). The molecule has 2 heterocycles. The van der Waals surface area contributed by atoms with Crippen molar-refractivity contribution >= 4 is 31.6 Å². The molecule has 6 heteroatoms. The summed E-state index contributed by atoms with van der Waals surface area (Å²) in [5, 5.41) is 3.37. The first-order chi connectivity index (χ1) is 9.36. The standard InChI is InChI=1S/C13H12N4OSe/c1-18-12-6-5-9(8-15-12)7-14-10-3-2-4-11-13(10)17-19-16-11/h2-6,8,14H,7H2,1H3. The van der Waals surface area contributed by atoms with E-state index in [2.05, 4.69) is 18.2 Å². The number of hydrogen-bond acceptors (Lipinski definition) is 5. The van der Waals surface area contributed by atoms with Crippen molar-refractivity contribution in [3.63, 3.8) is 0 Å². The van der Waals surface area contributed by atoms with Gasteiger partial charge in [0.15, 0.2) is 0 Å². The predicted molar refractivity (Wildman–Crippen MR) is 74.5 cm³/mol. The van der Waals surface area contributed by atoms with Gasteiger partial charge in [-0.1, -0.05) is 0 Å². The van der Waals surface area contributed by atoms with E-state index < -0.39 is 0 Å². The molecule has 0 aliphatic carbocycles. The van der Waals surface area contributed by atoms with Gasteiger partial charge in [0.2, 0.25) is 0 Å². The molecule has 0 atom stereocenters. The zero-order chi connectivity index (χ0) is 13.1. The Hall–Kier alpha value is -1.91. The van der Waals surface area contributed by atoms with Crippen molar-refractivity contribution in [2.45, 2.75) is 6.54 Å². The maximum atomic E-state index is 5.04. The van der Waals surface area contributed by atoms with Crippen LogP contribution in [0.25, 0.3) is 0 Å². The Balaban J connectivity index is 1.73. The van der Waals surface area contributed by atoms with Gasteiger partial charge in [-0.3, -0.25) is 0 Å². The molecule has 0 unspecified atom stereocenters. The fraction of sp³-hybridized carbons (Fsp3) is 0.154. The summed E-state index contributed by atoms with van der Waals surface area (Å²) in [5.74, 6) is 0.626. The molecule has 1 aromatic carbocycles. The van der Waals surface area contributed by atoms with Crippen molar-refractivity contribution in [3.8, 4) is 5.88 Å². The summed E-state index contributed by atoms with van der Waals surface area (Å²) < 4.78 is 13.8. The van der Waals surface area contributed by atoms with E-state index in [0.717, 1.165) is 22.6 Å². The predicted octanol–water partition coefficient (Wildman–Crippen LogP) is 3.05. The van der Waals surface area contributed by atoms with Crippen LogP contribution < -0.4 is 10.1 Å². The number of ether oxygens (including phenoxy) is 1. The van der Waals surface area contributed by atoms with Gasteiger partial charge in [-0.2, -0.15) is 0 Å². The summed E-state index contributed by atoms with van der Waals surface area (Å²) in [6, 6.07) is 9.86. The van der Waals surface area contributed by atoms with Gasteiger partial charge in [-0.15, -0.1) is 0 Å². The molecule has 19 heavy (non-hydrogen) atoms. The number of hydrogen-bond donors (Lipinski definition) is 1. The topological polar surface area (TPSA) is 58.9 Å². The summed E-state index contributed by atoms with van der Waals surface area (Å²) in [4.78, 5) is 4.18. The molecule has 0 saturated heterocycles. The fourth-order valence-electron chi connectivity index (χ4n) is 1.78. The second-order valence-electron chi connectivity index (χ2n) is 4.00. The number of methoxy groups -OCH3 is 1. The third-order valence-electron chi connectivity index (χ3n) is 2.78. The van der Waals surface area contributed by atoms with Crippen LogP contribution in [0.15, 0.2) is 44.5 Å². The van der Waals surface area contributed by atoms with Crippen molar-refractivity contribution < 1.29 is 4.74 Å². The molecule has 2 aromatic rings. The van der Waals surface area contributed by atoms with E-state index in [1.807, 2.05) is 30.3 Å². The Morgan fingerprint density at radius 2 is 2.16 bits per heavy atom. The van der Waals surface area contributed by atoms with E-state index in [0.29, 0.717) is 12.4 Å². The molecule has 96 valence electrons. The molecule has 0 spiro atoms. The third-order valence-corrected chi connectivity index (χ3v) is 3.91. The average molecular weight is 319 g/mol. The van der Waals surface area contributed by atoms with E-state index in [4.69, 9.17) is 4.74 Å². The quantitative estimate of drug-likeness (QED) is 0.752. The number of anilines is 1. The molecule has 0 fully saturated rings. The SMILES string of the molecule is COc1ccc(CNc2cccc3c2N=[Se]=N3)cn1. The van der Waals surface area contributed by atoms with Gasteiger partial charge >= 0.3 is 116 Å². The number of benzene rings is 1. The molecule has 1 aliphatic heterocycles. The summed E-state index contributed by atoms with van der Waals surface area (Å²) in [6.07, 6.45) is 1.81. The van der Waals surface area contributed by atoms with E-state index in [9.17, 15) is 0 Å². The van der Waals surface area contributed by atoms with Crippen LogP contribution in [0.5, 0.6) is 5.88 Å². The van der Waals surface area contributed by atoms with Gasteiger partial charge < -0.3 is 0 Å². The minimum atomic E-state index is 0.00177. The molecule has 5 nitrogen and oxygen atoms in total. The van der Waals surface area contributed by atoms with Crippen molar-refractivity contribution in [2.24, 2.45) is 7.92 Å². The Morgan fingerprint density at radius 3 is 2.95 bits per heavy atom. The Bertz CT molecular complexity index is 663. The molecule has 1 N–H and O–H groups in total. The number of rotatable bonds is 4. The van der Waals surface area contributed by atoms with Crippen LogP contribution in [0, 0.1) is 0 Å². The van der Waals surface area contributed by atoms with Crippen LogP contribution >= 0.6 is 0 Å². The fourth-order valence-corrected chi connectivity index (χ4v) is 2.94. The van der Waals surface area contributed by atoms with Crippen LogP contribution in [0.4, 0.5) is 17.1 Å². The molecular formula is C13H12N4OSe. The van der Waals surface area contributed by atoms with E-state index in [1.165, 1.54) is 0 Å². The molecule has 0 bridgehead atoms. The number of nitrogens with zero attached hydrogens (tertiary/aromatic N) is 3. The molecule has 0 radical (unpaired) electrons. The van der Waals surface area contributed by atoms with Gasteiger partial charge in [0.1, 0.15) is 0 Å². The van der Waals surface area contributed by atoms with Crippen LogP contribution in [0.2, 0.25) is 0 Å². The van der Waals surface area contributed by atoms with Crippen molar-refractivity contribution in [1.82, 2.24) is 4.98 Å². The number of pyridine rings is 1. The summed E-state index contributed by atoms with van der Waals surface area (Å²) >= 11 is 0.00177. The number of fused-ring (bicyclic) bond motifs is 1. The monoisotopic (exact) mass is 320 g/mol. The normalized spacial score (nSPS) is 11.8. The van der Waals surface area contributed by atoms with Gasteiger partial charge in [0.05, 0.1) is 0 Å². The summed E-state index contributed by atoms with van der Waals surface area (Å²) in [5.41, 5.74) is 4.08. The Labute approximate surface area is 116 Å². The molecule has 1 aromatic heterocycles. The van der Waals surface area contributed by atoms with Gasteiger partial charge in [0, 0.05) is 0 Å². The zero-order valence-corrected chi connectivity index (χ0v) is 12.0. The Morgan fingerprint density at radius 1 is 1.21 bits per heavy atom. The van der Waals surface area contributed by atoms with Crippen molar-refractivity contribution in [2.75, 3.05) is 12.4 Å². The summed E-state index contributed by atoms with van der Waals surface area (Å²) in [7, 11) is 1.61. The first-order valence-corrected chi connectivity index (χ1v) is 7.34. The van der Waals surface area contributed by atoms with Crippen LogP contribution in [0.1, 0.15) is 5.56 Å². The maximum absolute atomic E-state index is 5.04. The second-order valence-corrected chi connectivity index (χ2v) is 5.11. The Kier molecular flexibility index (Phi) is 3.44. The second kappa shape index (κ2) is 5.38. The van der Waals surface area contributed by atoms with E-state index in [-0.39, 0.29) is 14.6 Å². The molecule has 1 aliphatic rings. The zero-order valence-electron chi connectivity index (χ0n) is 10.3. The first-order valence-electron chi connectivity index (χ1n) is 5.81. The van der Waals surface area contributed by atoms with Gasteiger partial charge in [0.25, 0.3) is 0 Å². The van der Waals surface area contributed by atoms with Gasteiger partial charge in [-0.05, 0) is 0 Å². The van der Waals surface area contributed by atoms with Crippen molar-refractivity contribution in [3.05, 3.63) is 42.1 Å². The molecule has 0 amide bonds. The van der Waals surface area contributed by atoms with Gasteiger partial charge in [-0.25, -0.2) is 0 Å². The van der Waals surface area contributed by atoms with E-state index >= 15 is 0 Å². The first kappa shape index (κ1) is 12.1. The van der Waals surface area contributed by atoms with E-state index in [1.54, 1.807) is 13.3 Å².